The third-order valence-electron chi connectivity index (χ3n) is 7.66. The number of alkyl halides is 6. The first-order valence-corrected chi connectivity index (χ1v) is 15.8. The summed E-state index contributed by atoms with van der Waals surface area (Å²) in [5.74, 6) is -3.01. The SMILES string of the molecule is O=C(Nc1ccc(N2CCN(c3ncccn3)CC2)nc1)c1nc(-c2ccccc2)oc1C(F)(F)F.O=C(O)c1cn(-c2ccccn2)nc1C(F)(F)F. The standard InChI is InChI=1S/C24H20F3N7O2.C10H6F3N3O2/c25-24(26,27)20-19(32-22(36-20)16-5-2-1-3-6-16)21(35)31-17-7-8-18(30-15-17)33-11-13-34(14-12-33)23-28-9-4-10-29-23;11-10(12,13)8-6(9(17)18)5-16(15-8)7-3-1-2-4-14-7/h1-10,15H,11-14H2,(H,31,35);1-5H,(H,17,18). The lowest BCUT2D eigenvalue weighted by Crippen LogP contribution is -2.47. The molecule has 1 aliphatic rings. The first-order valence-electron chi connectivity index (χ1n) is 15.8. The van der Waals surface area contributed by atoms with Gasteiger partial charge in [0.15, 0.2) is 17.2 Å². The number of halogens is 6. The largest absolute Gasteiger partial charge is 0.478 e. The van der Waals surface area contributed by atoms with Crippen LogP contribution in [0.15, 0.2) is 102 Å². The van der Waals surface area contributed by atoms with Gasteiger partial charge in [0.2, 0.25) is 17.6 Å². The lowest BCUT2D eigenvalue weighted by molar-refractivity contribution is -0.153. The number of oxazole rings is 1. The summed E-state index contributed by atoms with van der Waals surface area (Å²) in [4.78, 5) is 48.1. The third kappa shape index (κ3) is 8.60. The van der Waals surface area contributed by atoms with Crippen molar-refractivity contribution in [3.63, 3.8) is 0 Å². The average molecular weight is 753 g/mol. The number of pyridine rings is 2. The van der Waals surface area contributed by atoms with Crippen molar-refractivity contribution in [1.29, 1.82) is 0 Å². The first-order chi connectivity index (χ1) is 25.8. The van der Waals surface area contributed by atoms with Gasteiger partial charge in [0, 0.05) is 56.5 Å². The molecule has 0 saturated carbocycles. The topological polar surface area (TPSA) is 168 Å². The lowest BCUT2D eigenvalue weighted by Gasteiger charge is -2.35. The van der Waals surface area contributed by atoms with Crippen LogP contribution in [0.2, 0.25) is 0 Å². The number of carboxylic acids is 1. The molecular weight excluding hydrogens is 726 g/mol. The average Bonchev–Trinajstić information content (AvgIpc) is 3.84. The van der Waals surface area contributed by atoms with E-state index in [1.54, 1.807) is 73.1 Å². The van der Waals surface area contributed by atoms with E-state index in [1.165, 1.54) is 18.5 Å². The van der Waals surface area contributed by atoms with Gasteiger partial charge < -0.3 is 24.6 Å². The summed E-state index contributed by atoms with van der Waals surface area (Å²) in [6.07, 6.45) is -2.77. The van der Waals surface area contributed by atoms with E-state index in [1.807, 2.05) is 0 Å². The smallest absolute Gasteiger partial charge is 0.452 e. The molecule has 1 aliphatic heterocycles. The Bertz CT molecular complexity index is 2190. The molecule has 54 heavy (non-hydrogen) atoms. The van der Waals surface area contributed by atoms with Gasteiger partial charge in [0.1, 0.15) is 11.4 Å². The Kier molecular flexibility index (Phi) is 10.5. The molecule has 7 rings (SSSR count). The van der Waals surface area contributed by atoms with Crippen molar-refractivity contribution in [2.24, 2.45) is 0 Å². The van der Waals surface area contributed by atoms with Crippen LogP contribution in [0.1, 0.15) is 32.3 Å². The normalized spacial score (nSPS) is 13.2. The van der Waals surface area contributed by atoms with Gasteiger partial charge in [-0.3, -0.25) is 4.79 Å². The number of aromatic nitrogens is 7. The molecule has 2 N–H and O–H groups in total. The molecule has 0 radical (unpaired) electrons. The zero-order valence-electron chi connectivity index (χ0n) is 27.5. The van der Waals surface area contributed by atoms with Crippen LogP contribution in [0.5, 0.6) is 0 Å². The van der Waals surface area contributed by atoms with E-state index < -0.39 is 46.9 Å². The van der Waals surface area contributed by atoms with Gasteiger partial charge in [-0.25, -0.2) is 34.4 Å². The van der Waals surface area contributed by atoms with Gasteiger partial charge >= 0.3 is 18.3 Å². The minimum atomic E-state index is -4.89. The number of anilines is 3. The molecule has 6 aromatic rings. The van der Waals surface area contributed by atoms with Gasteiger partial charge in [-0.1, -0.05) is 24.3 Å². The van der Waals surface area contributed by atoms with E-state index in [0.29, 0.717) is 43.5 Å². The Labute approximate surface area is 300 Å². The summed E-state index contributed by atoms with van der Waals surface area (Å²) in [6.45, 7) is 2.79. The summed E-state index contributed by atoms with van der Waals surface area (Å²) in [6, 6.07) is 17.7. The second kappa shape index (κ2) is 15.4. The number of piperazine rings is 1. The van der Waals surface area contributed by atoms with Crippen molar-refractivity contribution in [2.45, 2.75) is 12.4 Å². The zero-order valence-corrected chi connectivity index (χ0v) is 27.5. The molecule has 14 nitrogen and oxygen atoms in total. The van der Waals surface area contributed by atoms with Crippen molar-refractivity contribution in [3.8, 4) is 17.3 Å². The molecule has 5 aromatic heterocycles. The fourth-order valence-corrected chi connectivity index (χ4v) is 5.14. The van der Waals surface area contributed by atoms with E-state index in [2.05, 4.69) is 45.1 Å². The Morgan fingerprint density at radius 2 is 1.41 bits per heavy atom. The van der Waals surface area contributed by atoms with Crippen LogP contribution in [-0.2, 0) is 12.4 Å². The van der Waals surface area contributed by atoms with Gasteiger partial charge in [0.05, 0.1) is 11.9 Å². The predicted molar refractivity (Wildman–Crippen MR) is 179 cm³/mol. The van der Waals surface area contributed by atoms with Crippen LogP contribution in [0.3, 0.4) is 0 Å². The fourth-order valence-electron chi connectivity index (χ4n) is 5.14. The number of amides is 1. The molecule has 0 spiro atoms. The molecule has 1 fully saturated rings. The molecule has 0 unspecified atom stereocenters. The van der Waals surface area contributed by atoms with Crippen LogP contribution < -0.4 is 15.1 Å². The molecule has 1 amide bonds. The number of hydrogen-bond donors (Lipinski definition) is 2. The third-order valence-corrected chi connectivity index (χ3v) is 7.66. The van der Waals surface area contributed by atoms with Gasteiger partial charge in [0.25, 0.3) is 5.91 Å². The minimum absolute atomic E-state index is 0.107. The van der Waals surface area contributed by atoms with Crippen molar-refractivity contribution in [3.05, 3.63) is 120 Å². The highest BCUT2D eigenvalue weighted by Crippen LogP contribution is 2.36. The Balaban J connectivity index is 0.000000232. The Morgan fingerprint density at radius 1 is 0.741 bits per heavy atom. The number of nitrogens with zero attached hydrogens (tertiary/aromatic N) is 9. The molecule has 1 aromatic carbocycles. The number of hydrogen-bond acceptors (Lipinski definition) is 11. The maximum absolute atomic E-state index is 13.5. The molecule has 0 atom stereocenters. The number of carbonyl (C=O) groups excluding carboxylic acids is 1. The maximum Gasteiger partial charge on any atom is 0.452 e. The highest BCUT2D eigenvalue weighted by molar-refractivity contribution is 6.04. The van der Waals surface area contributed by atoms with Crippen LogP contribution in [0, 0.1) is 0 Å². The highest BCUT2D eigenvalue weighted by Gasteiger charge is 2.42. The Hall–Kier alpha value is -6.86. The highest BCUT2D eigenvalue weighted by atomic mass is 19.4. The van der Waals surface area contributed by atoms with Crippen LogP contribution in [0.4, 0.5) is 43.8 Å². The quantitative estimate of drug-likeness (QED) is 0.180. The van der Waals surface area contributed by atoms with E-state index in [4.69, 9.17) is 9.52 Å². The molecule has 278 valence electrons. The molecule has 0 bridgehead atoms. The molecule has 1 saturated heterocycles. The number of rotatable bonds is 7. The number of nitrogens with one attached hydrogen (secondary N) is 1. The Morgan fingerprint density at radius 3 is 1.98 bits per heavy atom. The van der Waals surface area contributed by atoms with Gasteiger partial charge in [-0.05, 0) is 42.5 Å². The number of aromatic carboxylic acids is 1. The maximum atomic E-state index is 13.5. The van der Waals surface area contributed by atoms with E-state index in [-0.39, 0.29) is 17.4 Å². The predicted octanol–water partition coefficient (Wildman–Crippen LogP) is 6.11. The zero-order chi connectivity index (χ0) is 38.5. The van der Waals surface area contributed by atoms with Crippen LogP contribution in [0.25, 0.3) is 17.3 Å². The van der Waals surface area contributed by atoms with Crippen molar-refractivity contribution in [2.75, 3.05) is 41.3 Å². The summed E-state index contributed by atoms with van der Waals surface area (Å²) in [7, 11) is 0. The second-order valence-electron chi connectivity index (χ2n) is 11.3. The van der Waals surface area contributed by atoms with Gasteiger partial charge in [-0.2, -0.15) is 31.4 Å². The van der Waals surface area contributed by atoms with Gasteiger partial charge in [-0.15, -0.1) is 0 Å². The van der Waals surface area contributed by atoms with Crippen molar-refractivity contribution in [1.82, 2.24) is 34.7 Å². The molecule has 0 aliphatic carbocycles. The lowest BCUT2D eigenvalue weighted by atomic mass is 10.2. The van der Waals surface area contributed by atoms with E-state index in [9.17, 15) is 35.9 Å². The summed E-state index contributed by atoms with van der Waals surface area (Å²) in [5, 5.41) is 14.4. The monoisotopic (exact) mass is 752 g/mol. The fraction of sp³-hybridized carbons (Fsp3) is 0.176. The summed E-state index contributed by atoms with van der Waals surface area (Å²) < 4.78 is 84.0. The van der Waals surface area contributed by atoms with Crippen molar-refractivity contribution < 1.29 is 45.5 Å². The molecule has 20 heteroatoms. The number of benzene rings is 1. The molecule has 6 heterocycles. The van der Waals surface area contributed by atoms with E-state index >= 15 is 0 Å². The number of carboxylic acid groups (broad SMARTS) is 1. The van der Waals surface area contributed by atoms with Crippen LogP contribution in [-0.4, -0.2) is 77.9 Å². The first kappa shape index (κ1) is 36.9. The second-order valence-corrected chi connectivity index (χ2v) is 11.3. The van der Waals surface area contributed by atoms with Crippen LogP contribution >= 0.6 is 0 Å². The van der Waals surface area contributed by atoms with Crippen molar-refractivity contribution >= 4 is 29.3 Å². The van der Waals surface area contributed by atoms with E-state index in [0.717, 1.165) is 10.9 Å². The number of carbonyl (C=O) groups is 2. The summed E-state index contributed by atoms with van der Waals surface area (Å²) in [5.41, 5.74) is -2.64. The minimum Gasteiger partial charge on any atom is -0.478 e. The summed E-state index contributed by atoms with van der Waals surface area (Å²) >= 11 is 0. The molecular formula is C34H26F6N10O4.